The van der Waals surface area contributed by atoms with Crippen molar-refractivity contribution in [1.82, 2.24) is 0 Å². The summed E-state index contributed by atoms with van der Waals surface area (Å²) in [6, 6.07) is 0. The maximum absolute atomic E-state index is 6.04. The van der Waals surface area contributed by atoms with Crippen molar-refractivity contribution in [2.75, 3.05) is 0 Å². The molecule has 11 heavy (non-hydrogen) atoms. The number of allylic oxidation sites excluding steroid dienone is 1. The van der Waals surface area contributed by atoms with Gasteiger partial charge in [-0.2, -0.15) is 0 Å². The molecule has 1 unspecified atom stereocenters. The summed E-state index contributed by atoms with van der Waals surface area (Å²) >= 11 is 0. The van der Waals surface area contributed by atoms with Gasteiger partial charge in [-0.05, 0) is 18.9 Å². The van der Waals surface area contributed by atoms with Crippen LogP contribution in [-0.4, -0.2) is 5.54 Å². The Morgan fingerprint density at radius 1 is 1.64 bits per heavy atom. The maximum atomic E-state index is 6.04. The largest absolute Gasteiger partial charge is 0.399 e. The molecule has 0 aromatic rings. The molecule has 0 radical (unpaired) electrons. The molecule has 0 aromatic carbocycles. The van der Waals surface area contributed by atoms with Crippen molar-refractivity contribution in [2.24, 2.45) is 11.5 Å². The summed E-state index contributed by atoms with van der Waals surface area (Å²) < 4.78 is 0. The third-order valence-corrected chi connectivity index (χ3v) is 2.04. The minimum atomic E-state index is -0.127. The van der Waals surface area contributed by atoms with Gasteiger partial charge in [-0.25, -0.2) is 0 Å². The van der Waals surface area contributed by atoms with Crippen LogP contribution in [0.2, 0.25) is 0 Å². The van der Waals surface area contributed by atoms with E-state index < -0.39 is 0 Å². The Balaban J connectivity index is 2.58. The van der Waals surface area contributed by atoms with Crippen molar-refractivity contribution >= 4 is 0 Å². The van der Waals surface area contributed by atoms with Gasteiger partial charge in [0, 0.05) is 11.2 Å². The molecule has 2 heteroatoms. The van der Waals surface area contributed by atoms with Crippen molar-refractivity contribution in [3.63, 3.8) is 0 Å². The Labute approximate surface area is 68.0 Å². The maximum Gasteiger partial charge on any atom is 0.0378 e. The molecule has 0 aromatic heterocycles. The third-order valence-electron chi connectivity index (χ3n) is 2.04. The van der Waals surface area contributed by atoms with Crippen molar-refractivity contribution in [2.45, 2.75) is 31.7 Å². The normalized spacial score (nSPS) is 30.2. The lowest BCUT2D eigenvalue weighted by Crippen LogP contribution is -2.38. The van der Waals surface area contributed by atoms with Crippen LogP contribution >= 0.6 is 0 Å². The smallest absolute Gasteiger partial charge is 0.0378 e. The fourth-order valence-electron chi connectivity index (χ4n) is 1.36. The Kier molecular flexibility index (Phi) is 2.35. The third kappa shape index (κ3) is 2.09. The van der Waals surface area contributed by atoms with Crippen LogP contribution in [0.25, 0.3) is 0 Å². The Bertz CT molecular complexity index is 194. The first-order valence-electron chi connectivity index (χ1n) is 4.10. The molecular weight excluding hydrogens is 136 g/mol. The summed E-state index contributed by atoms with van der Waals surface area (Å²) in [6.07, 6.45) is 8.95. The van der Waals surface area contributed by atoms with E-state index in [0.717, 1.165) is 25.0 Å². The number of hydrogen-bond acceptors (Lipinski definition) is 2. The van der Waals surface area contributed by atoms with E-state index in [1.54, 1.807) is 0 Å². The highest BCUT2D eigenvalue weighted by Crippen LogP contribution is 2.21. The van der Waals surface area contributed by atoms with Gasteiger partial charge in [0.2, 0.25) is 0 Å². The van der Waals surface area contributed by atoms with Crippen LogP contribution in [0.5, 0.6) is 0 Å². The average Bonchev–Trinajstić information content (AvgIpc) is 1.97. The first-order valence-corrected chi connectivity index (χ1v) is 4.10. The SMILES string of the molecule is CCCC1(N)C=CC(N)=CC1. The zero-order valence-electron chi connectivity index (χ0n) is 7.01. The lowest BCUT2D eigenvalue weighted by atomic mass is 9.87. The van der Waals surface area contributed by atoms with Crippen LogP contribution in [0.3, 0.4) is 0 Å². The minimum absolute atomic E-state index is 0.127. The van der Waals surface area contributed by atoms with Gasteiger partial charge >= 0.3 is 0 Å². The van der Waals surface area contributed by atoms with Crippen molar-refractivity contribution < 1.29 is 0 Å². The average molecular weight is 152 g/mol. The zero-order valence-corrected chi connectivity index (χ0v) is 7.01. The predicted molar refractivity (Wildman–Crippen MR) is 47.9 cm³/mol. The molecule has 0 saturated carbocycles. The van der Waals surface area contributed by atoms with Crippen molar-refractivity contribution in [3.05, 3.63) is 23.9 Å². The van der Waals surface area contributed by atoms with Gasteiger partial charge in [-0.3, -0.25) is 0 Å². The fraction of sp³-hybridized carbons (Fsp3) is 0.556. The van der Waals surface area contributed by atoms with Crippen LogP contribution < -0.4 is 11.5 Å². The monoisotopic (exact) mass is 152 g/mol. The second-order valence-electron chi connectivity index (χ2n) is 3.22. The van der Waals surface area contributed by atoms with E-state index in [2.05, 4.69) is 6.92 Å². The minimum Gasteiger partial charge on any atom is -0.399 e. The second kappa shape index (κ2) is 3.09. The van der Waals surface area contributed by atoms with Gasteiger partial charge in [-0.15, -0.1) is 0 Å². The molecule has 0 bridgehead atoms. The summed E-state index contributed by atoms with van der Waals surface area (Å²) in [5.74, 6) is 0. The van der Waals surface area contributed by atoms with Crippen LogP contribution in [0.4, 0.5) is 0 Å². The van der Waals surface area contributed by atoms with Gasteiger partial charge in [0.05, 0.1) is 0 Å². The molecule has 0 saturated heterocycles. The van der Waals surface area contributed by atoms with E-state index in [0.29, 0.717) is 0 Å². The Hall–Kier alpha value is -0.760. The number of rotatable bonds is 2. The summed E-state index contributed by atoms with van der Waals surface area (Å²) in [5, 5.41) is 0. The summed E-state index contributed by atoms with van der Waals surface area (Å²) in [7, 11) is 0. The van der Waals surface area contributed by atoms with E-state index >= 15 is 0 Å². The molecule has 0 fully saturated rings. The summed E-state index contributed by atoms with van der Waals surface area (Å²) in [4.78, 5) is 0. The highest BCUT2D eigenvalue weighted by atomic mass is 14.7. The molecule has 0 spiro atoms. The highest BCUT2D eigenvalue weighted by molar-refractivity contribution is 5.26. The van der Waals surface area contributed by atoms with E-state index in [1.165, 1.54) is 0 Å². The van der Waals surface area contributed by atoms with Gasteiger partial charge < -0.3 is 11.5 Å². The van der Waals surface area contributed by atoms with Crippen LogP contribution in [0.1, 0.15) is 26.2 Å². The molecule has 1 atom stereocenters. The van der Waals surface area contributed by atoms with E-state index in [4.69, 9.17) is 11.5 Å². The lowest BCUT2D eigenvalue weighted by molar-refractivity contribution is 0.480. The molecule has 1 aliphatic carbocycles. The number of nitrogens with two attached hydrogens (primary N) is 2. The van der Waals surface area contributed by atoms with Crippen LogP contribution in [-0.2, 0) is 0 Å². The highest BCUT2D eigenvalue weighted by Gasteiger charge is 2.20. The van der Waals surface area contributed by atoms with Crippen LogP contribution in [0, 0.1) is 0 Å². The standard InChI is InChI=1S/C9H16N2/c1-2-5-9(11)6-3-8(10)4-7-9/h3-4,6H,2,5,7,10-11H2,1H3. The summed E-state index contributed by atoms with van der Waals surface area (Å²) in [6.45, 7) is 2.14. The van der Waals surface area contributed by atoms with Gasteiger partial charge in [0.25, 0.3) is 0 Å². The zero-order chi connectivity index (χ0) is 8.32. The Morgan fingerprint density at radius 3 is 2.82 bits per heavy atom. The Morgan fingerprint density at radius 2 is 2.36 bits per heavy atom. The second-order valence-corrected chi connectivity index (χ2v) is 3.22. The molecular formula is C9H16N2. The van der Waals surface area contributed by atoms with E-state index in [-0.39, 0.29) is 5.54 Å². The molecule has 2 nitrogen and oxygen atoms in total. The molecule has 1 aliphatic rings. The number of hydrogen-bond donors (Lipinski definition) is 2. The molecule has 4 N–H and O–H groups in total. The van der Waals surface area contributed by atoms with Gasteiger partial charge in [0.15, 0.2) is 0 Å². The lowest BCUT2D eigenvalue weighted by Gasteiger charge is -2.26. The summed E-state index contributed by atoms with van der Waals surface area (Å²) in [5.41, 5.74) is 12.3. The van der Waals surface area contributed by atoms with E-state index in [9.17, 15) is 0 Å². The molecule has 1 rings (SSSR count). The fourth-order valence-corrected chi connectivity index (χ4v) is 1.36. The molecule has 62 valence electrons. The predicted octanol–water partition coefficient (Wildman–Crippen LogP) is 1.29. The molecule has 0 aliphatic heterocycles. The van der Waals surface area contributed by atoms with Gasteiger partial charge in [0.1, 0.15) is 0 Å². The first kappa shape index (κ1) is 8.34. The molecule has 0 heterocycles. The molecule has 0 amide bonds. The van der Waals surface area contributed by atoms with Crippen LogP contribution in [0.15, 0.2) is 23.9 Å². The van der Waals surface area contributed by atoms with E-state index in [1.807, 2.05) is 18.2 Å². The quantitative estimate of drug-likeness (QED) is 0.626. The van der Waals surface area contributed by atoms with Gasteiger partial charge in [-0.1, -0.05) is 25.5 Å². The van der Waals surface area contributed by atoms with Crippen molar-refractivity contribution in [3.8, 4) is 0 Å². The first-order chi connectivity index (χ1) is 5.16. The van der Waals surface area contributed by atoms with Crippen molar-refractivity contribution in [1.29, 1.82) is 0 Å². The topological polar surface area (TPSA) is 52.0 Å².